The van der Waals surface area contributed by atoms with Gasteiger partial charge in [0.1, 0.15) is 6.54 Å². The lowest BCUT2D eigenvalue weighted by Gasteiger charge is -2.22. The van der Waals surface area contributed by atoms with Crippen molar-refractivity contribution in [1.82, 2.24) is 0 Å². The average molecular weight is 509 g/mol. The monoisotopic (exact) mass is 508 g/mol. The molecule has 5 nitrogen and oxygen atoms in total. The van der Waals surface area contributed by atoms with Crippen molar-refractivity contribution < 1.29 is 13.2 Å². The van der Waals surface area contributed by atoms with Gasteiger partial charge in [-0.2, -0.15) is 0 Å². The number of nitrogens with zero attached hydrogens (tertiary/aromatic N) is 1. The molecule has 168 valence electrons. The van der Waals surface area contributed by atoms with Crippen molar-refractivity contribution in [1.29, 1.82) is 0 Å². The van der Waals surface area contributed by atoms with Crippen molar-refractivity contribution in [3.8, 4) is 0 Å². The Balaban J connectivity index is 1.69. The lowest BCUT2D eigenvalue weighted by Crippen LogP contribution is -2.37. The van der Waals surface area contributed by atoms with Crippen molar-refractivity contribution in [2.75, 3.05) is 22.4 Å². The molecule has 0 fully saturated rings. The second-order valence-electron chi connectivity index (χ2n) is 7.17. The number of thioether (sulfide) groups is 1. The van der Waals surface area contributed by atoms with Gasteiger partial charge in [0.15, 0.2) is 0 Å². The molecule has 1 N–H and O–H groups in total. The summed E-state index contributed by atoms with van der Waals surface area (Å²) in [6, 6.07) is 20.3. The van der Waals surface area contributed by atoms with Gasteiger partial charge in [-0.3, -0.25) is 9.10 Å². The maximum Gasteiger partial charge on any atom is 0.245 e. The molecule has 0 heterocycles. The molecule has 0 unspecified atom stereocenters. The fourth-order valence-electron chi connectivity index (χ4n) is 3.00. The van der Waals surface area contributed by atoms with Gasteiger partial charge in [-0.05, 0) is 54.4 Å². The van der Waals surface area contributed by atoms with E-state index >= 15 is 0 Å². The first-order chi connectivity index (χ1) is 15.1. The Bertz CT molecular complexity index is 1220. The van der Waals surface area contributed by atoms with Crippen LogP contribution in [0.1, 0.15) is 11.1 Å². The van der Waals surface area contributed by atoms with Crippen LogP contribution in [0.2, 0.25) is 10.0 Å². The van der Waals surface area contributed by atoms with E-state index < -0.39 is 15.9 Å². The van der Waals surface area contributed by atoms with Gasteiger partial charge < -0.3 is 5.32 Å². The Morgan fingerprint density at radius 2 is 1.72 bits per heavy atom. The van der Waals surface area contributed by atoms with Gasteiger partial charge in [-0.15, -0.1) is 11.8 Å². The second-order valence-corrected chi connectivity index (χ2v) is 10.9. The molecular weight excluding hydrogens is 487 g/mol. The van der Waals surface area contributed by atoms with Crippen molar-refractivity contribution in [3.63, 3.8) is 0 Å². The zero-order chi connectivity index (χ0) is 23.3. The minimum atomic E-state index is -3.72. The summed E-state index contributed by atoms with van der Waals surface area (Å²) in [6.07, 6.45) is 1.03. The lowest BCUT2D eigenvalue weighted by molar-refractivity contribution is -0.114. The van der Waals surface area contributed by atoms with Gasteiger partial charge in [0, 0.05) is 16.3 Å². The molecule has 0 bridgehead atoms. The lowest BCUT2D eigenvalue weighted by atomic mass is 10.1. The number of nitrogens with one attached hydrogen (secondary N) is 1. The summed E-state index contributed by atoms with van der Waals surface area (Å²) in [5, 5.41) is 3.31. The average Bonchev–Trinajstić information content (AvgIpc) is 2.74. The Hall–Kier alpha value is -2.19. The third kappa shape index (κ3) is 6.65. The van der Waals surface area contributed by atoms with Gasteiger partial charge in [-0.25, -0.2) is 8.42 Å². The molecule has 3 aromatic rings. The molecule has 0 saturated carbocycles. The van der Waals surface area contributed by atoms with Crippen molar-refractivity contribution in [3.05, 3.63) is 87.9 Å². The van der Waals surface area contributed by atoms with E-state index in [0.717, 1.165) is 27.4 Å². The van der Waals surface area contributed by atoms with Gasteiger partial charge in [0.05, 0.1) is 22.0 Å². The van der Waals surface area contributed by atoms with Crippen LogP contribution < -0.4 is 9.62 Å². The zero-order valence-corrected chi connectivity index (χ0v) is 20.7. The van der Waals surface area contributed by atoms with Crippen LogP contribution in [0.5, 0.6) is 0 Å². The first-order valence-corrected chi connectivity index (χ1v) is 13.2. The predicted octanol–water partition coefficient (Wildman–Crippen LogP) is 6.00. The highest BCUT2D eigenvalue weighted by atomic mass is 35.5. The zero-order valence-electron chi connectivity index (χ0n) is 17.5. The number of hydrogen-bond donors (Lipinski definition) is 1. The highest BCUT2D eigenvalue weighted by Crippen LogP contribution is 2.29. The highest BCUT2D eigenvalue weighted by molar-refractivity contribution is 7.98. The first-order valence-electron chi connectivity index (χ1n) is 9.63. The summed E-state index contributed by atoms with van der Waals surface area (Å²) in [5.74, 6) is 0.342. The van der Waals surface area contributed by atoms with Crippen molar-refractivity contribution in [2.45, 2.75) is 17.6 Å². The number of aryl methyl sites for hydroxylation is 1. The number of hydrogen-bond acceptors (Lipinski definition) is 4. The quantitative estimate of drug-likeness (QED) is 0.379. The van der Waals surface area contributed by atoms with Gasteiger partial charge in [-0.1, -0.05) is 53.5 Å². The molecule has 0 atom stereocenters. The SMILES string of the molecule is Cc1cc(CSc2ccccc2)ccc1NC(=O)CN(c1ccc(Cl)c(Cl)c1)S(C)(=O)=O. The molecule has 1 amide bonds. The van der Waals surface area contributed by atoms with E-state index in [2.05, 4.69) is 17.4 Å². The van der Waals surface area contributed by atoms with E-state index in [1.165, 1.54) is 23.1 Å². The molecule has 3 aromatic carbocycles. The number of carbonyl (C=O) groups excluding carboxylic acids is 1. The molecule has 32 heavy (non-hydrogen) atoms. The van der Waals surface area contributed by atoms with E-state index in [4.69, 9.17) is 23.2 Å². The van der Waals surface area contributed by atoms with E-state index in [9.17, 15) is 13.2 Å². The van der Waals surface area contributed by atoms with Crippen LogP contribution in [0.3, 0.4) is 0 Å². The molecule has 0 radical (unpaired) electrons. The standard InChI is InChI=1S/C23H22Cl2N2O3S2/c1-16-12-17(15-31-19-6-4-3-5-7-19)8-11-22(16)26-23(28)14-27(32(2,29)30)18-9-10-20(24)21(25)13-18/h3-13H,14-15H2,1-2H3,(H,26,28). The molecule has 9 heteroatoms. The van der Waals surface area contributed by atoms with Crippen LogP contribution in [-0.4, -0.2) is 27.1 Å². The third-order valence-electron chi connectivity index (χ3n) is 4.59. The number of benzene rings is 3. The highest BCUT2D eigenvalue weighted by Gasteiger charge is 2.22. The number of rotatable bonds is 8. The molecule has 0 aliphatic rings. The fourth-order valence-corrected chi connectivity index (χ4v) is 5.00. The Kier molecular flexibility index (Phi) is 8.11. The van der Waals surface area contributed by atoms with Crippen LogP contribution in [0.4, 0.5) is 11.4 Å². The summed E-state index contributed by atoms with van der Waals surface area (Å²) >= 11 is 13.7. The summed E-state index contributed by atoms with van der Waals surface area (Å²) in [7, 11) is -3.72. The van der Waals surface area contributed by atoms with E-state index in [1.54, 1.807) is 11.8 Å². The van der Waals surface area contributed by atoms with E-state index in [0.29, 0.717) is 10.7 Å². The normalized spacial score (nSPS) is 11.2. The molecule has 0 saturated heterocycles. The minimum absolute atomic E-state index is 0.207. The maximum atomic E-state index is 12.7. The maximum absolute atomic E-state index is 12.7. The molecule has 0 aliphatic carbocycles. The summed E-state index contributed by atoms with van der Waals surface area (Å²) < 4.78 is 25.6. The molecule has 0 aromatic heterocycles. The van der Waals surface area contributed by atoms with Crippen LogP contribution >= 0.6 is 35.0 Å². The van der Waals surface area contributed by atoms with E-state index in [1.807, 2.05) is 43.3 Å². The number of carbonyl (C=O) groups is 1. The number of amides is 1. The predicted molar refractivity (Wildman–Crippen MR) is 134 cm³/mol. The number of anilines is 2. The van der Waals surface area contributed by atoms with Crippen LogP contribution in [0, 0.1) is 6.92 Å². The Labute approximate surface area is 202 Å². The summed E-state index contributed by atoms with van der Waals surface area (Å²) in [6.45, 7) is 1.52. The molecule has 3 rings (SSSR count). The summed E-state index contributed by atoms with van der Waals surface area (Å²) in [5.41, 5.74) is 2.92. The van der Waals surface area contributed by atoms with Gasteiger partial charge >= 0.3 is 0 Å². The summed E-state index contributed by atoms with van der Waals surface area (Å²) in [4.78, 5) is 13.8. The smallest absolute Gasteiger partial charge is 0.245 e. The van der Waals surface area contributed by atoms with Crippen LogP contribution in [0.25, 0.3) is 0 Å². The Morgan fingerprint density at radius 3 is 2.34 bits per heavy atom. The van der Waals surface area contributed by atoms with Gasteiger partial charge in [0.25, 0.3) is 0 Å². The fraction of sp³-hybridized carbons (Fsp3) is 0.174. The topological polar surface area (TPSA) is 66.5 Å². The molecule has 0 spiro atoms. The first kappa shape index (κ1) is 24.5. The Morgan fingerprint density at radius 1 is 1.00 bits per heavy atom. The minimum Gasteiger partial charge on any atom is -0.324 e. The van der Waals surface area contributed by atoms with E-state index in [-0.39, 0.29) is 17.3 Å². The number of sulfonamides is 1. The second kappa shape index (κ2) is 10.6. The third-order valence-corrected chi connectivity index (χ3v) is 7.56. The largest absolute Gasteiger partial charge is 0.324 e. The van der Waals surface area contributed by atoms with Crippen LogP contribution in [0.15, 0.2) is 71.6 Å². The molecule has 0 aliphatic heterocycles. The van der Waals surface area contributed by atoms with Crippen molar-refractivity contribution >= 4 is 62.3 Å². The van der Waals surface area contributed by atoms with Gasteiger partial charge in [0.2, 0.25) is 15.9 Å². The van der Waals surface area contributed by atoms with Crippen LogP contribution in [-0.2, 0) is 20.6 Å². The van der Waals surface area contributed by atoms with Crippen molar-refractivity contribution in [2.24, 2.45) is 0 Å². The molecular formula is C23H22Cl2N2O3S2. The number of halogens is 2.